The van der Waals surface area contributed by atoms with E-state index >= 15 is 0 Å². The van der Waals surface area contributed by atoms with Crippen molar-refractivity contribution in [3.8, 4) is 0 Å². The average molecular weight is 434 g/mol. The molecule has 0 aromatic rings. The van der Waals surface area contributed by atoms with E-state index < -0.39 is 30.9 Å². The molecule has 0 radical (unpaired) electrons. The molecule has 0 nitrogen and oxygen atoms in total. The Labute approximate surface area is 149 Å². The van der Waals surface area contributed by atoms with Crippen LogP contribution < -0.4 is 0 Å². The van der Waals surface area contributed by atoms with Crippen molar-refractivity contribution in [2.75, 3.05) is 0 Å². The number of hydrogen-bond donors (Lipinski definition) is 0. The summed E-state index contributed by atoms with van der Waals surface area (Å²) in [5.41, 5.74) is 0. The summed E-state index contributed by atoms with van der Waals surface area (Å²) in [5.74, 6) is 0. The predicted molar refractivity (Wildman–Crippen MR) is 118 cm³/mol. The Morgan fingerprint density at radius 1 is 0.682 bits per heavy atom. The quantitative estimate of drug-likeness (QED) is 0.454. The van der Waals surface area contributed by atoms with E-state index in [0.717, 1.165) is 14.3 Å². The van der Waals surface area contributed by atoms with Crippen LogP contribution in [0.15, 0.2) is 21.8 Å². The minimum atomic E-state index is -1.29. The van der Waals surface area contributed by atoms with Crippen LogP contribution in [-0.4, -0.2) is 45.2 Å². The number of hydrogen-bond acceptors (Lipinski definition) is 0. The maximum atomic E-state index is 2.84. The van der Waals surface area contributed by atoms with Gasteiger partial charge in [0.15, 0.2) is 0 Å². The van der Waals surface area contributed by atoms with E-state index in [-0.39, 0.29) is 0 Å². The van der Waals surface area contributed by atoms with Gasteiger partial charge in [-0.3, -0.25) is 0 Å². The normalized spacial score (nSPS) is 20.0. The average Bonchev–Trinajstić information content (AvgIpc) is 2.52. The zero-order chi connectivity index (χ0) is 17.8. The summed E-state index contributed by atoms with van der Waals surface area (Å²) in [6.07, 6.45) is 5.69. The summed E-state index contributed by atoms with van der Waals surface area (Å²) in [7, 11) is -3.84. The molecular formula is C17H38SeSi4. The van der Waals surface area contributed by atoms with Crippen LogP contribution in [0.1, 0.15) is 0 Å². The van der Waals surface area contributed by atoms with Crippen LogP contribution in [0.4, 0.5) is 0 Å². The maximum absolute atomic E-state index is 2.84. The molecule has 0 amide bonds. The number of rotatable bonds is 5. The van der Waals surface area contributed by atoms with Crippen molar-refractivity contribution in [3.05, 3.63) is 21.8 Å². The van der Waals surface area contributed by atoms with E-state index in [1.54, 1.807) is 0 Å². The minimum absolute atomic E-state index is 0.465. The fourth-order valence-electron chi connectivity index (χ4n) is 3.62. The van der Waals surface area contributed by atoms with E-state index in [9.17, 15) is 0 Å². The monoisotopic (exact) mass is 434 g/mol. The third-order valence-corrected chi connectivity index (χ3v) is 24.0. The van der Waals surface area contributed by atoms with E-state index in [1.807, 2.05) is 9.67 Å². The molecule has 0 fully saturated rings. The van der Waals surface area contributed by atoms with Crippen LogP contribution in [0, 0.1) is 0 Å². The van der Waals surface area contributed by atoms with E-state index in [1.165, 1.54) is 0 Å². The fraction of sp³-hybridized carbons (Fsp3) is 0.765. The Balaban J connectivity index is 3.59. The summed E-state index contributed by atoms with van der Waals surface area (Å²) in [4.78, 5) is 0. The third kappa shape index (κ3) is 4.28. The Morgan fingerprint density at radius 3 is 1.36 bits per heavy atom. The van der Waals surface area contributed by atoms with Crippen molar-refractivity contribution in [1.82, 2.24) is 0 Å². The standard InChI is InChI=1S/C17H38SeSi4/c1-19(2,3)16-14-17(20(4,5)6,21(7,8)9)13-15(16)18-22(10,11)12/h13-14H,1-12H3. The Kier molecular flexibility index (Phi) is 5.69. The van der Waals surface area contributed by atoms with Crippen LogP contribution in [-0.2, 0) is 0 Å². The SMILES string of the molecule is C[Si](C)(C)[Se]C1=CC([Si](C)(C)C)([Si](C)(C)C)C=C1[Si](C)(C)C. The molecule has 0 unspecified atom stereocenters. The van der Waals surface area contributed by atoms with Gasteiger partial charge in [-0.05, 0) is 0 Å². The summed E-state index contributed by atoms with van der Waals surface area (Å²) >= 11 is 0.722. The van der Waals surface area contributed by atoms with Crippen molar-refractivity contribution in [2.45, 2.75) is 83.2 Å². The van der Waals surface area contributed by atoms with Gasteiger partial charge in [0.25, 0.3) is 0 Å². The first kappa shape index (κ1) is 20.9. The van der Waals surface area contributed by atoms with Crippen LogP contribution >= 0.6 is 0 Å². The van der Waals surface area contributed by atoms with Gasteiger partial charge in [-0.15, -0.1) is 0 Å². The summed E-state index contributed by atoms with van der Waals surface area (Å²) < 4.78 is 2.29. The molecule has 0 bridgehead atoms. The molecular weight excluding hydrogens is 395 g/mol. The molecule has 0 aliphatic heterocycles. The molecule has 1 aliphatic carbocycles. The molecule has 0 aromatic heterocycles. The molecule has 0 saturated heterocycles. The van der Waals surface area contributed by atoms with Gasteiger partial charge < -0.3 is 0 Å². The molecule has 0 atom stereocenters. The van der Waals surface area contributed by atoms with E-state index in [2.05, 4.69) is 90.7 Å². The summed E-state index contributed by atoms with van der Waals surface area (Å²) in [6, 6.07) is 0. The Bertz CT molecular complexity index is 477. The molecule has 22 heavy (non-hydrogen) atoms. The van der Waals surface area contributed by atoms with Crippen LogP contribution in [0.25, 0.3) is 0 Å². The van der Waals surface area contributed by atoms with Crippen LogP contribution in [0.3, 0.4) is 0 Å². The first-order valence-electron chi connectivity index (χ1n) is 8.56. The first-order chi connectivity index (χ1) is 9.41. The van der Waals surface area contributed by atoms with Gasteiger partial charge in [0.05, 0.1) is 0 Å². The van der Waals surface area contributed by atoms with Crippen molar-refractivity contribution in [1.29, 1.82) is 0 Å². The van der Waals surface area contributed by atoms with Gasteiger partial charge >= 0.3 is 150 Å². The summed E-state index contributed by atoms with van der Waals surface area (Å²) in [6.45, 7) is 29.9. The van der Waals surface area contributed by atoms with Crippen molar-refractivity contribution >= 4 is 45.2 Å². The van der Waals surface area contributed by atoms with Gasteiger partial charge in [-0.1, -0.05) is 0 Å². The molecule has 0 spiro atoms. The van der Waals surface area contributed by atoms with Crippen molar-refractivity contribution in [2.24, 2.45) is 0 Å². The Hall–Kier alpha value is 0.867. The van der Waals surface area contributed by atoms with E-state index in [4.69, 9.17) is 0 Å². The Morgan fingerprint density at radius 2 is 1.09 bits per heavy atom. The molecule has 0 N–H and O–H groups in total. The molecule has 5 heteroatoms. The molecule has 1 aliphatic rings. The van der Waals surface area contributed by atoms with E-state index in [0.29, 0.717) is 4.66 Å². The molecule has 1 rings (SSSR count). The van der Waals surface area contributed by atoms with Gasteiger partial charge in [-0.2, -0.15) is 0 Å². The van der Waals surface area contributed by atoms with Crippen LogP contribution in [0.5, 0.6) is 0 Å². The topological polar surface area (TPSA) is 0 Å². The van der Waals surface area contributed by atoms with Gasteiger partial charge in [0.1, 0.15) is 0 Å². The zero-order valence-corrected chi connectivity index (χ0v) is 22.8. The summed E-state index contributed by atoms with van der Waals surface area (Å²) in [5, 5.41) is 1.83. The number of allylic oxidation sites excluding steroid dienone is 4. The van der Waals surface area contributed by atoms with Crippen LogP contribution in [0.2, 0.25) is 83.2 Å². The second kappa shape index (κ2) is 5.99. The third-order valence-electron chi connectivity index (χ3n) is 4.70. The predicted octanol–water partition coefficient (Wildman–Crippen LogP) is 6.18. The zero-order valence-electron chi connectivity index (χ0n) is 17.1. The van der Waals surface area contributed by atoms with Gasteiger partial charge in [0.2, 0.25) is 0 Å². The fourth-order valence-corrected chi connectivity index (χ4v) is 26.4. The second-order valence-corrected chi connectivity index (χ2v) is 41.4. The van der Waals surface area contributed by atoms with Gasteiger partial charge in [0, 0.05) is 0 Å². The van der Waals surface area contributed by atoms with Gasteiger partial charge in [-0.25, -0.2) is 0 Å². The van der Waals surface area contributed by atoms with Crippen molar-refractivity contribution in [3.63, 3.8) is 0 Å². The molecule has 128 valence electrons. The molecule has 0 heterocycles. The molecule has 0 saturated carbocycles. The van der Waals surface area contributed by atoms with Crippen molar-refractivity contribution < 1.29 is 0 Å². The second-order valence-electron chi connectivity index (χ2n) is 10.9. The first-order valence-corrected chi connectivity index (χ1v) is 25.9. The molecule has 0 aromatic carbocycles.